The Morgan fingerprint density at radius 2 is 1.32 bits per heavy atom. The summed E-state index contributed by atoms with van der Waals surface area (Å²) in [4.78, 5) is 4.21. The molecule has 3 heteroatoms. The number of hydrogen-bond acceptors (Lipinski definition) is 1. The van der Waals surface area contributed by atoms with Crippen molar-refractivity contribution in [2.75, 3.05) is 0 Å². The van der Waals surface area contributed by atoms with Gasteiger partial charge in [0.15, 0.2) is 0 Å². The molecular weight excluding hydrogens is 280 g/mol. The normalized spacial score (nSPS) is 10.7. The van der Waals surface area contributed by atoms with Gasteiger partial charge in [0.2, 0.25) is 0 Å². The second kappa shape index (κ2) is 5.68. The molecule has 0 spiro atoms. The van der Waals surface area contributed by atoms with E-state index in [1.165, 1.54) is 12.1 Å². The highest BCUT2D eigenvalue weighted by Crippen LogP contribution is 2.30. The minimum atomic E-state index is -0.582. The first-order valence-electron chi connectivity index (χ1n) is 7.04. The summed E-state index contributed by atoms with van der Waals surface area (Å²) in [7, 11) is 0. The predicted molar refractivity (Wildman–Crippen MR) is 84.5 cm³/mol. The van der Waals surface area contributed by atoms with E-state index in [-0.39, 0.29) is 5.56 Å². The van der Waals surface area contributed by atoms with Crippen molar-refractivity contribution >= 4 is 0 Å². The molecular formula is C19H15F2N. The predicted octanol–water partition coefficient (Wildman–Crippen LogP) is 5.31. The van der Waals surface area contributed by atoms with Crippen molar-refractivity contribution in [3.63, 3.8) is 0 Å². The van der Waals surface area contributed by atoms with Gasteiger partial charge in [-0.1, -0.05) is 35.9 Å². The summed E-state index contributed by atoms with van der Waals surface area (Å²) in [6.45, 7) is 3.85. The summed E-state index contributed by atoms with van der Waals surface area (Å²) in [6.07, 6.45) is 1.68. The zero-order valence-electron chi connectivity index (χ0n) is 12.4. The third kappa shape index (κ3) is 2.75. The third-order valence-electron chi connectivity index (χ3n) is 3.59. The van der Waals surface area contributed by atoms with Crippen LogP contribution in [0.25, 0.3) is 22.4 Å². The topological polar surface area (TPSA) is 12.9 Å². The van der Waals surface area contributed by atoms with Crippen LogP contribution in [-0.2, 0) is 0 Å². The number of nitrogens with zero attached hydrogens (tertiary/aromatic N) is 1. The molecule has 110 valence electrons. The first-order valence-corrected chi connectivity index (χ1v) is 7.04. The zero-order valence-corrected chi connectivity index (χ0v) is 12.4. The second-order valence-electron chi connectivity index (χ2n) is 5.40. The van der Waals surface area contributed by atoms with Gasteiger partial charge in [-0.15, -0.1) is 0 Å². The zero-order chi connectivity index (χ0) is 15.7. The third-order valence-corrected chi connectivity index (χ3v) is 3.59. The van der Waals surface area contributed by atoms with E-state index in [4.69, 9.17) is 0 Å². The van der Waals surface area contributed by atoms with Gasteiger partial charge >= 0.3 is 0 Å². The highest BCUT2D eigenvalue weighted by atomic mass is 19.1. The van der Waals surface area contributed by atoms with E-state index in [2.05, 4.69) is 4.98 Å². The monoisotopic (exact) mass is 295 g/mol. The first kappa shape index (κ1) is 14.4. The van der Waals surface area contributed by atoms with E-state index in [0.29, 0.717) is 16.8 Å². The first-order chi connectivity index (χ1) is 10.5. The maximum Gasteiger partial charge on any atom is 0.134 e. The molecule has 0 saturated carbocycles. The number of halogens is 2. The van der Waals surface area contributed by atoms with Crippen LogP contribution < -0.4 is 0 Å². The Morgan fingerprint density at radius 1 is 0.727 bits per heavy atom. The van der Waals surface area contributed by atoms with Crippen LogP contribution in [0.2, 0.25) is 0 Å². The van der Waals surface area contributed by atoms with Gasteiger partial charge in [0, 0.05) is 11.8 Å². The van der Waals surface area contributed by atoms with Gasteiger partial charge in [-0.2, -0.15) is 0 Å². The molecule has 0 saturated heterocycles. The fourth-order valence-electron chi connectivity index (χ4n) is 2.36. The van der Waals surface area contributed by atoms with Gasteiger partial charge in [0.05, 0.1) is 11.3 Å². The van der Waals surface area contributed by atoms with E-state index < -0.39 is 11.6 Å². The lowest BCUT2D eigenvalue weighted by Crippen LogP contribution is -1.93. The number of hydrogen-bond donors (Lipinski definition) is 0. The lowest BCUT2D eigenvalue weighted by Gasteiger charge is -2.09. The van der Waals surface area contributed by atoms with E-state index in [0.717, 1.165) is 11.1 Å². The molecule has 0 fully saturated rings. The second-order valence-corrected chi connectivity index (χ2v) is 5.40. The number of benzene rings is 2. The molecule has 1 heterocycles. The summed E-state index contributed by atoms with van der Waals surface area (Å²) < 4.78 is 28.8. The van der Waals surface area contributed by atoms with E-state index >= 15 is 0 Å². The molecule has 3 aromatic rings. The van der Waals surface area contributed by atoms with Crippen LogP contribution in [0, 0.1) is 25.5 Å². The Hall–Kier alpha value is -2.55. The molecule has 22 heavy (non-hydrogen) atoms. The Labute approximate surface area is 128 Å². The van der Waals surface area contributed by atoms with E-state index in [1.54, 1.807) is 24.4 Å². The summed E-state index contributed by atoms with van der Waals surface area (Å²) in [5.74, 6) is -1.16. The van der Waals surface area contributed by atoms with Gasteiger partial charge in [-0.05, 0) is 43.2 Å². The smallest absolute Gasteiger partial charge is 0.134 e. The largest absolute Gasteiger partial charge is 0.256 e. The molecule has 0 bridgehead atoms. The molecule has 1 aromatic heterocycles. The minimum Gasteiger partial charge on any atom is -0.256 e. The maximum atomic E-state index is 14.4. The van der Waals surface area contributed by atoms with Gasteiger partial charge in [0.25, 0.3) is 0 Å². The van der Waals surface area contributed by atoms with Gasteiger partial charge in [0.1, 0.15) is 11.6 Å². The van der Waals surface area contributed by atoms with Crippen LogP contribution in [0.3, 0.4) is 0 Å². The molecule has 0 amide bonds. The quantitative estimate of drug-likeness (QED) is 0.624. The molecule has 0 radical (unpaired) electrons. The van der Waals surface area contributed by atoms with Crippen LogP contribution in [-0.4, -0.2) is 4.98 Å². The fraction of sp³-hybridized carbons (Fsp3) is 0.105. The molecule has 0 N–H and O–H groups in total. The van der Waals surface area contributed by atoms with Crippen LogP contribution in [0.5, 0.6) is 0 Å². The Balaban J connectivity index is 2.08. The van der Waals surface area contributed by atoms with Gasteiger partial charge in [-0.3, -0.25) is 4.98 Å². The summed E-state index contributed by atoms with van der Waals surface area (Å²) >= 11 is 0. The summed E-state index contributed by atoms with van der Waals surface area (Å²) in [5, 5.41) is 0. The molecule has 3 rings (SSSR count). The highest BCUT2D eigenvalue weighted by Gasteiger charge is 2.14. The molecule has 0 aliphatic carbocycles. The Kier molecular flexibility index (Phi) is 3.72. The molecule has 0 unspecified atom stereocenters. The Bertz CT molecular complexity index is 783. The SMILES string of the molecule is Cc1ccc(-c2c(F)cc(-c3ccc(C)cn3)cc2F)cc1. The number of aromatic nitrogens is 1. The standard InChI is InChI=1S/C19H15F2N/c1-12-3-6-14(7-4-12)19-16(20)9-15(10-17(19)21)18-8-5-13(2)11-22-18/h3-11H,1-2H3. The van der Waals surface area contributed by atoms with Crippen molar-refractivity contribution in [3.05, 3.63) is 77.5 Å². The maximum absolute atomic E-state index is 14.4. The average Bonchev–Trinajstić information content (AvgIpc) is 2.49. The minimum absolute atomic E-state index is 0.00383. The van der Waals surface area contributed by atoms with Crippen molar-refractivity contribution < 1.29 is 8.78 Å². The lowest BCUT2D eigenvalue weighted by atomic mass is 10.00. The fourth-order valence-corrected chi connectivity index (χ4v) is 2.36. The summed E-state index contributed by atoms with van der Waals surface area (Å²) in [6, 6.07) is 13.4. The molecule has 0 aliphatic rings. The molecule has 1 nitrogen and oxygen atoms in total. The number of pyridine rings is 1. The lowest BCUT2D eigenvalue weighted by molar-refractivity contribution is 0.590. The van der Waals surface area contributed by atoms with Crippen molar-refractivity contribution in [1.82, 2.24) is 4.98 Å². The van der Waals surface area contributed by atoms with Crippen LogP contribution >= 0.6 is 0 Å². The van der Waals surface area contributed by atoms with Crippen molar-refractivity contribution in [1.29, 1.82) is 0 Å². The highest BCUT2D eigenvalue weighted by molar-refractivity contribution is 5.70. The Morgan fingerprint density at radius 3 is 1.86 bits per heavy atom. The van der Waals surface area contributed by atoms with Crippen molar-refractivity contribution in [3.8, 4) is 22.4 Å². The van der Waals surface area contributed by atoms with Crippen LogP contribution in [0.1, 0.15) is 11.1 Å². The van der Waals surface area contributed by atoms with E-state index in [1.807, 2.05) is 32.0 Å². The average molecular weight is 295 g/mol. The van der Waals surface area contributed by atoms with Gasteiger partial charge in [-0.25, -0.2) is 8.78 Å². The molecule has 0 aliphatic heterocycles. The molecule has 2 aromatic carbocycles. The van der Waals surface area contributed by atoms with Crippen molar-refractivity contribution in [2.24, 2.45) is 0 Å². The van der Waals surface area contributed by atoms with E-state index in [9.17, 15) is 8.78 Å². The summed E-state index contributed by atoms with van der Waals surface area (Å²) in [5.41, 5.74) is 3.57. The van der Waals surface area contributed by atoms with Crippen molar-refractivity contribution in [2.45, 2.75) is 13.8 Å². The van der Waals surface area contributed by atoms with Crippen LogP contribution in [0.4, 0.5) is 8.78 Å². The number of aryl methyl sites for hydroxylation is 2. The van der Waals surface area contributed by atoms with Gasteiger partial charge < -0.3 is 0 Å². The number of rotatable bonds is 2. The van der Waals surface area contributed by atoms with Crippen LogP contribution in [0.15, 0.2) is 54.7 Å². The molecule has 0 atom stereocenters.